The lowest BCUT2D eigenvalue weighted by atomic mass is 10.2. The number of carbonyl (C=O) groups excluding carboxylic acids is 2. The predicted molar refractivity (Wildman–Crippen MR) is 162 cm³/mol. The van der Waals surface area contributed by atoms with Gasteiger partial charge in [0.05, 0.1) is 17.2 Å². The third-order valence-electron chi connectivity index (χ3n) is 6.85. The molecule has 0 unspecified atom stereocenters. The Kier molecular flexibility index (Phi) is 9.44. The summed E-state index contributed by atoms with van der Waals surface area (Å²) in [5.74, 6) is 1.72. The number of piperazine rings is 1. The van der Waals surface area contributed by atoms with Crippen LogP contribution in [0.4, 0.5) is 10.5 Å². The van der Waals surface area contributed by atoms with Gasteiger partial charge < -0.3 is 19.3 Å². The zero-order valence-electron chi connectivity index (χ0n) is 22.4. The molecule has 2 heterocycles. The third kappa shape index (κ3) is 7.46. The van der Waals surface area contributed by atoms with Gasteiger partial charge in [-0.25, -0.2) is 4.90 Å². The second kappa shape index (κ2) is 13.4. The minimum Gasteiger partial charge on any atom is -0.494 e. The number of benzene rings is 3. The maximum atomic E-state index is 13.1. The maximum Gasteiger partial charge on any atom is 0.298 e. The lowest BCUT2D eigenvalue weighted by Crippen LogP contribution is -2.44. The van der Waals surface area contributed by atoms with E-state index in [4.69, 9.17) is 21.1 Å². The summed E-state index contributed by atoms with van der Waals surface area (Å²) in [5, 5.41) is 0.319. The summed E-state index contributed by atoms with van der Waals surface area (Å²) in [5.41, 5.74) is 1.32. The third-order valence-corrected chi connectivity index (χ3v) is 7.97. The van der Waals surface area contributed by atoms with Gasteiger partial charge >= 0.3 is 0 Å². The Labute approximate surface area is 244 Å². The van der Waals surface area contributed by atoms with Crippen molar-refractivity contribution in [3.8, 4) is 17.2 Å². The quantitative estimate of drug-likeness (QED) is 0.194. The Bertz CT molecular complexity index is 1340. The molecule has 40 heavy (non-hydrogen) atoms. The van der Waals surface area contributed by atoms with Crippen LogP contribution in [0.3, 0.4) is 0 Å². The smallest absolute Gasteiger partial charge is 0.298 e. The van der Waals surface area contributed by atoms with Crippen LogP contribution in [-0.2, 0) is 4.79 Å². The zero-order valence-corrected chi connectivity index (χ0v) is 24.0. The van der Waals surface area contributed by atoms with Crippen molar-refractivity contribution < 1.29 is 19.1 Å². The van der Waals surface area contributed by atoms with E-state index >= 15 is 0 Å². The van der Waals surface area contributed by atoms with E-state index in [-0.39, 0.29) is 11.1 Å². The molecule has 7 nitrogen and oxygen atoms in total. The molecule has 0 N–H and O–H groups in total. The summed E-state index contributed by atoms with van der Waals surface area (Å²) in [6.45, 7) is 6.28. The molecule has 2 aliphatic heterocycles. The van der Waals surface area contributed by atoms with Gasteiger partial charge in [-0.1, -0.05) is 23.7 Å². The molecule has 0 aliphatic carbocycles. The van der Waals surface area contributed by atoms with E-state index in [9.17, 15) is 9.59 Å². The highest BCUT2D eigenvalue weighted by Crippen LogP contribution is 2.36. The Morgan fingerprint density at radius 2 is 1.45 bits per heavy atom. The molecule has 5 rings (SSSR count). The number of anilines is 1. The Hall–Kier alpha value is -3.30. The second-order valence-corrected chi connectivity index (χ2v) is 11.3. The largest absolute Gasteiger partial charge is 0.494 e. The van der Waals surface area contributed by atoms with Crippen LogP contribution in [0.15, 0.2) is 77.7 Å². The number of imide groups is 1. The molecule has 0 atom stereocenters. The van der Waals surface area contributed by atoms with Crippen molar-refractivity contribution >= 4 is 46.3 Å². The van der Waals surface area contributed by atoms with E-state index in [0.29, 0.717) is 33.7 Å². The van der Waals surface area contributed by atoms with Crippen LogP contribution in [0, 0.1) is 0 Å². The number of hydrogen-bond donors (Lipinski definition) is 0. The minimum absolute atomic E-state index is 0.323. The minimum atomic E-state index is -0.339. The van der Waals surface area contributed by atoms with Crippen molar-refractivity contribution in [2.45, 2.75) is 12.8 Å². The van der Waals surface area contributed by atoms with E-state index in [1.165, 1.54) is 4.90 Å². The van der Waals surface area contributed by atoms with E-state index in [0.717, 1.165) is 68.6 Å². The molecule has 2 saturated heterocycles. The predicted octanol–water partition coefficient (Wildman–Crippen LogP) is 6.78. The maximum absolute atomic E-state index is 13.1. The van der Waals surface area contributed by atoms with Crippen molar-refractivity contribution in [2.75, 3.05) is 51.3 Å². The van der Waals surface area contributed by atoms with Gasteiger partial charge in [0, 0.05) is 31.2 Å². The molecule has 0 spiro atoms. The molecular formula is C31H32ClN3O4S. The summed E-state index contributed by atoms with van der Waals surface area (Å²) in [6, 6.07) is 21.5. The van der Waals surface area contributed by atoms with Crippen molar-refractivity contribution in [2.24, 2.45) is 0 Å². The number of halogens is 1. The highest BCUT2D eigenvalue weighted by Gasteiger charge is 2.36. The number of nitrogens with zero attached hydrogens (tertiary/aromatic N) is 3. The fourth-order valence-corrected chi connectivity index (χ4v) is 5.47. The topological polar surface area (TPSA) is 62.3 Å². The molecule has 0 aromatic heterocycles. The number of thioether (sulfide) groups is 1. The normalized spacial score (nSPS) is 17.6. The number of carbonyl (C=O) groups is 2. The van der Waals surface area contributed by atoms with E-state index in [1.54, 1.807) is 42.5 Å². The number of hydrogen-bond acceptors (Lipinski definition) is 7. The van der Waals surface area contributed by atoms with E-state index < -0.39 is 0 Å². The van der Waals surface area contributed by atoms with Crippen molar-refractivity contribution in [3.63, 3.8) is 0 Å². The van der Waals surface area contributed by atoms with Crippen LogP contribution in [0.25, 0.3) is 6.08 Å². The van der Waals surface area contributed by atoms with Crippen LogP contribution in [0.2, 0.25) is 5.02 Å². The average molecular weight is 578 g/mol. The van der Waals surface area contributed by atoms with Crippen LogP contribution in [0.5, 0.6) is 17.2 Å². The van der Waals surface area contributed by atoms with Gasteiger partial charge in [-0.2, -0.15) is 0 Å². The molecule has 2 aliphatic rings. The first-order valence-corrected chi connectivity index (χ1v) is 14.6. The van der Waals surface area contributed by atoms with Crippen LogP contribution in [-0.4, -0.2) is 67.3 Å². The number of rotatable bonds is 10. The summed E-state index contributed by atoms with van der Waals surface area (Å²) in [4.78, 5) is 32.2. The van der Waals surface area contributed by atoms with Gasteiger partial charge in [0.15, 0.2) is 0 Å². The number of unbranched alkanes of at least 4 members (excludes halogenated alkanes) is 1. The van der Waals surface area contributed by atoms with Gasteiger partial charge in [-0.3, -0.25) is 9.59 Å². The van der Waals surface area contributed by atoms with Gasteiger partial charge in [0.1, 0.15) is 17.2 Å². The fourth-order valence-electron chi connectivity index (χ4n) is 4.50. The summed E-state index contributed by atoms with van der Waals surface area (Å²) >= 11 is 6.85. The monoisotopic (exact) mass is 577 g/mol. The lowest BCUT2D eigenvalue weighted by Gasteiger charge is -2.32. The molecule has 9 heteroatoms. The highest BCUT2D eigenvalue weighted by atomic mass is 35.5. The standard InChI is InChI=1S/C31H32ClN3O4S/c1-33-17-19-34(20-18-33)16-2-3-21-38-26-14-8-25(9-15-26)35-30(36)29(40-31(35)37)22-23-4-10-27(11-5-23)39-28-12-6-24(32)7-13-28/h4-15,22H,2-3,16-21H2,1H3. The molecule has 3 aromatic carbocycles. The number of amides is 2. The molecule has 0 radical (unpaired) electrons. The van der Waals surface area contributed by atoms with Crippen LogP contribution >= 0.6 is 23.4 Å². The molecule has 208 valence electrons. The molecule has 0 bridgehead atoms. The first-order chi connectivity index (χ1) is 19.4. The summed E-state index contributed by atoms with van der Waals surface area (Å²) < 4.78 is 11.7. The van der Waals surface area contributed by atoms with Gasteiger partial charge in [-0.15, -0.1) is 0 Å². The van der Waals surface area contributed by atoms with Crippen LogP contribution in [0.1, 0.15) is 18.4 Å². The Morgan fingerprint density at radius 3 is 2.12 bits per heavy atom. The molecule has 2 amide bonds. The van der Waals surface area contributed by atoms with Gasteiger partial charge in [0.25, 0.3) is 11.1 Å². The summed E-state index contributed by atoms with van der Waals surface area (Å²) in [6.07, 6.45) is 3.80. The Morgan fingerprint density at radius 1 is 0.825 bits per heavy atom. The highest BCUT2D eigenvalue weighted by molar-refractivity contribution is 8.19. The second-order valence-electron chi connectivity index (χ2n) is 9.84. The summed E-state index contributed by atoms with van der Waals surface area (Å²) in [7, 11) is 2.17. The fraction of sp³-hybridized carbons (Fsp3) is 0.290. The molecule has 0 saturated carbocycles. The first kappa shape index (κ1) is 28.2. The van der Waals surface area contributed by atoms with E-state index in [1.807, 2.05) is 36.4 Å². The average Bonchev–Trinajstić information content (AvgIpc) is 3.24. The van der Waals surface area contributed by atoms with Crippen LogP contribution < -0.4 is 14.4 Å². The SMILES string of the molecule is CN1CCN(CCCCOc2ccc(N3C(=O)SC(=Cc4ccc(Oc5ccc(Cl)cc5)cc4)C3=O)cc2)CC1. The van der Waals surface area contributed by atoms with Crippen molar-refractivity contribution in [1.82, 2.24) is 9.80 Å². The number of likely N-dealkylation sites (N-methyl/N-ethyl adjacent to an activating group) is 1. The van der Waals surface area contributed by atoms with Crippen molar-refractivity contribution in [1.29, 1.82) is 0 Å². The zero-order chi connectivity index (χ0) is 27.9. The lowest BCUT2D eigenvalue weighted by molar-refractivity contribution is -0.113. The van der Waals surface area contributed by atoms with Gasteiger partial charge in [-0.05, 0) is 110 Å². The van der Waals surface area contributed by atoms with E-state index in [2.05, 4.69) is 16.8 Å². The molecule has 3 aromatic rings. The van der Waals surface area contributed by atoms with Crippen molar-refractivity contribution in [3.05, 3.63) is 88.3 Å². The molecular weight excluding hydrogens is 546 g/mol. The molecule has 2 fully saturated rings. The number of ether oxygens (including phenoxy) is 2. The first-order valence-electron chi connectivity index (χ1n) is 13.4. The Balaban J connectivity index is 1.11. The van der Waals surface area contributed by atoms with Gasteiger partial charge in [0.2, 0.25) is 0 Å².